The van der Waals surface area contributed by atoms with Crippen LogP contribution in [-0.2, 0) is 0 Å². The Morgan fingerprint density at radius 3 is 2.00 bits per heavy atom. The van der Waals surface area contributed by atoms with Gasteiger partial charge in [0.05, 0.1) is 21.9 Å². The Bertz CT molecular complexity index is 1510. The van der Waals surface area contributed by atoms with E-state index in [2.05, 4.69) is 15.7 Å². The smallest absolute Gasteiger partial charge is 0.322 e. The fourth-order valence-corrected chi connectivity index (χ4v) is 3.83. The van der Waals surface area contributed by atoms with Crippen LogP contribution >= 0.6 is 0 Å². The summed E-state index contributed by atoms with van der Waals surface area (Å²) < 4.78 is 1.38. The average Bonchev–Trinajstić information content (AvgIpc) is 3.29. The zero-order valence-electron chi connectivity index (χ0n) is 21.0. The van der Waals surface area contributed by atoms with Crippen molar-refractivity contribution in [1.82, 2.24) is 20.4 Å². The number of hydrogen-bond acceptors (Lipinski definition) is 6. The molecule has 0 aliphatic rings. The highest BCUT2D eigenvalue weighted by Crippen LogP contribution is 2.32. The number of aromatic nitrogens is 2. The number of non-ortho nitro benzene ring substituents is 1. The van der Waals surface area contributed by atoms with Gasteiger partial charge < -0.3 is 5.32 Å². The molecule has 0 fully saturated rings. The maximum absolute atomic E-state index is 13.8. The zero-order valence-corrected chi connectivity index (χ0v) is 21.0. The Labute approximate surface area is 218 Å². The third-order valence-corrected chi connectivity index (χ3v) is 5.43. The Balaban J connectivity index is 1.94. The van der Waals surface area contributed by atoms with Crippen LogP contribution < -0.4 is 10.6 Å². The Morgan fingerprint density at radius 2 is 1.45 bits per heavy atom. The van der Waals surface area contributed by atoms with Gasteiger partial charge in [0.25, 0.3) is 11.6 Å². The molecule has 1 heterocycles. The summed E-state index contributed by atoms with van der Waals surface area (Å²) in [6.07, 6.45) is 0. The molecule has 0 spiro atoms. The Morgan fingerprint density at radius 1 is 0.868 bits per heavy atom. The molecule has 0 atom stereocenters. The highest BCUT2D eigenvalue weighted by atomic mass is 16.6. The van der Waals surface area contributed by atoms with E-state index in [1.807, 2.05) is 0 Å². The number of benzene rings is 3. The van der Waals surface area contributed by atoms with Gasteiger partial charge in [-0.3, -0.25) is 25.0 Å². The number of amides is 3. The van der Waals surface area contributed by atoms with Crippen molar-refractivity contribution in [3.63, 3.8) is 0 Å². The zero-order chi connectivity index (χ0) is 27.4. The lowest BCUT2D eigenvalue weighted by Crippen LogP contribution is -2.48. The molecule has 1 aromatic heterocycles. The van der Waals surface area contributed by atoms with Gasteiger partial charge in [0.2, 0.25) is 0 Å². The van der Waals surface area contributed by atoms with Gasteiger partial charge in [0.15, 0.2) is 11.5 Å². The van der Waals surface area contributed by atoms with Crippen molar-refractivity contribution < 1.29 is 19.3 Å². The molecule has 2 N–H and O–H groups in total. The molecule has 0 aliphatic carbocycles. The van der Waals surface area contributed by atoms with Gasteiger partial charge in [-0.25, -0.2) is 9.48 Å². The summed E-state index contributed by atoms with van der Waals surface area (Å²) in [5.41, 5.74) is 0.572. The summed E-state index contributed by atoms with van der Waals surface area (Å²) in [6.45, 7) is 5.29. The van der Waals surface area contributed by atoms with Gasteiger partial charge in [-0.05, 0) is 32.9 Å². The number of urea groups is 1. The number of rotatable bonds is 6. The quantitative estimate of drug-likeness (QED) is 0.214. The molecule has 0 unspecified atom stereocenters. The molecule has 4 aromatic rings. The number of hydrogen-bond donors (Lipinski definition) is 2. The van der Waals surface area contributed by atoms with Crippen LogP contribution in [0.5, 0.6) is 0 Å². The van der Waals surface area contributed by atoms with E-state index in [4.69, 9.17) is 0 Å². The molecule has 0 saturated heterocycles. The second-order valence-electron chi connectivity index (χ2n) is 9.48. The lowest BCUT2D eigenvalue weighted by molar-refractivity contribution is -0.384. The van der Waals surface area contributed by atoms with Crippen LogP contribution in [0, 0.1) is 10.1 Å². The second kappa shape index (κ2) is 10.5. The van der Waals surface area contributed by atoms with Gasteiger partial charge in [0.1, 0.15) is 0 Å². The minimum absolute atomic E-state index is 0.0122. The predicted molar refractivity (Wildman–Crippen MR) is 141 cm³/mol. The molecule has 4 rings (SSSR count). The molecule has 10 nitrogen and oxygen atoms in total. The van der Waals surface area contributed by atoms with Crippen molar-refractivity contribution >= 4 is 23.4 Å². The van der Waals surface area contributed by atoms with Crippen LogP contribution in [0.15, 0.2) is 84.9 Å². The third kappa shape index (κ3) is 5.65. The van der Waals surface area contributed by atoms with Crippen molar-refractivity contribution in [3.8, 4) is 16.9 Å². The fourth-order valence-electron chi connectivity index (χ4n) is 3.83. The molecule has 3 amide bonds. The van der Waals surface area contributed by atoms with Crippen molar-refractivity contribution in [2.24, 2.45) is 0 Å². The van der Waals surface area contributed by atoms with E-state index in [9.17, 15) is 24.5 Å². The Hall–Kier alpha value is -5.12. The Kier molecular flexibility index (Phi) is 7.15. The van der Waals surface area contributed by atoms with Crippen LogP contribution in [0.4, 0.5) is 10.5 Å². The largest absolute Gasteiger partial charge is 0.333 e. The summed E-state index contributed by atoms with van der Waals surface area (Å²) in [4.78, 5) is 50.4. The lowest BCUT2D eigenvalue weighted by atomic mass is 9.97. The fraction of sp³-hybridized carbons (Fsp3) is 0.143. The van der Waals surface area contributed by atoms with E-state index in [0.29, 0.717) is 22.5 Å². The van der Waals surface area contributed by atoms with Gasteiger partial charge in [-0.1, -0.05) is 60.7 Å². The number of carbonyl (C=O) groups excluding carboxylic acids is 3. The minimum atomic E-state index is -0.871. The molecule has 0 saturated carbocycles. The number of carbonyl (C=O) groups is 3. The molecule has 0 bridgehead atoms. The highest BCUT2D eigenvalue weighted by molar-refractivity contribution is 6.19. The SMILES string of the molecule is CC(C)(C)NC(=O)NC(=O)c1nn(-c2ccc([N+](=O)[O-])cc2)c(-c2ccccc2)c1C(=O)c1ccccc1. The summed E-state index contributed by atoms with van der Waals surface area (Å²) >= 11 is 0. The molecule has 0 radical (unpaired) electrons. The second-order valence-corrected chi connectivity index (χ2v) is 9.48. The maximum Gasteiger partial charge on any atom is 0.322 e. The van der Waals surface area contributed by atoms with E-state index in [1.54, 1.807) is 81.4 Å². The molecular formula is C28H25N5O5. The van der Waals surface area contributed by atoms with Crippen molar-refractivity contribution in [1.29, 1.82) is 0 Å². The van der Waals surface area contributed by atoms with E-state index in [0.717, 1.165) is 0 Å². The lowest BCUT2D eigenvalue weighted by Gasteiger charge is -2.20. The molecular weight excluding hydrogens is 486 g/mol. The van der Waals surface area contributed by atoms with Crippen LogP contribution in [0.2, 0.25) is 0 Å². The molecule has 0 aliphatic heterocycles. The number of nitro benzene ring substituents is 1. The number of nitro groups is 1. The first-order valence-electron chi connectivity index (χ1n) is 11.7. The topological polar surface area (TPSA) is 136 Å². The predicted octanol–water partition coefficient (Wildman–Crippen LogP) is 4.92. The van der Waals surface area contributed by atoms with Gasteiger partial charge in [0, 0.05) is 28.8 Å². The van der Waals surface area contributed by atoms with Crippen LogP contribution in [0.25, 0.3) is 16.9 Å². The summed E-state index contributed by atoms with van der Waals surface area (Å²) in [7, 11) is 0. The van der Waals surface area contributed by atoms with Crippen LogP contribution in [0.3, 0.4) is 0 Å². The minimum Gasteiger partial charge on any atom is -0.333 e. The third-order valence-electron chi connectivity index (χ3n) is 5.43. The van der Waals surface area contributed by atoms with Crippen molar-refractivity contribution in [3.05, 3.63) is 112 Å². The molecule has 38 heavy (non-hydrogen) atoms. The van der Waals surface area contributed by atoms with Crippen LogP contribution in [0.1, 0.15) is 47.2 Å². The first-order chi connectivity index (χ1) is 18.0. The first-order valence-corrected chi connectivity index (χ1v) is 11.7. The summed E-state index contributed by atoms with van der Waals surface area (Å²) in [5, 5.41) is 20.5. The highest BCUT2D eigenvalue weighted by Gasteiger charge is 2.31. The normalized spacial score (nSPS) is 11.0. The van der Waals surface area contributed by atoms with Gasteiger partial charge >= 0.3 is 6.03 Å². The molecule has 3 aromatic carbocycles. The molecule has 10 heteroatoms. The average molecular weight is 512 g/mol. The van der Waals surface area contributed by atoms with Gasteiger partial charge in [-0.2, -0.15) is 5.10 Å². The van der Waals surface area contributed by atoms with Crippen LogP contribution in [-0.4, -0.2) is 38.0 Å². The van der Waals surface area contributed by atoms with E-state index < -0.39 is 28.2 Å². The van der Waals surface area contributed by atoms with Crippen molar-refractivity contribution in [2.75, 3.05) is 0 Å². The first kappa shape index (κ1) is 26.0. The molecule has 192 valence electrons. The van der Waals surface area contributed by atoms with Crippen molar-refractivity contribution in [2.45, 2.75) is 26.3 Å². The number of nitrogens with zero attached hydrogens (tertiary/aromatic N) is 3. The van der Waals surface area contributed by atoms with E-state index in [1.165, 1.54) is 28.9 Å². The summed E-state index contributed by atoms with van der Waals surface area (Å²) in [5.74, 6) is -1.34. The van der Waals surface area contributed by atoms with E-state index >= 15 is 0 Å². The summed E-state index contributed by atoms with van der Waals surface area (Å²) in [6, 6.07) is 22.1. The maximum atomic E-state index is 13.8. The van der Waals surface area contributed by atoms with Gasteiger partial charge in [-0.15, -0.1) is 0 Å². The number of nitrogens with one attached hydrogen (secondary N) is 2. The number of ketones is 1. The van der Waals surface area contributed by atoms with E-state index in [-0.39, 0.29) is 16.9 Å². The standard InChI is InChI=1S/C28H25N5O5/c1-28(2,3)30-27(36)29-26(35)23-22(25(34)19-12-8-5-9-13-19)24(18-10-6-4-7-11-18)32(31-23)20-14-16-21(17-15-20)33(37)38/h4-17H,1-3H3,(H2,29,30,35,36). The monoisotopic (exact) mass is 511 g/mol. The number of imide groups is 1.